The summed E-state index contributed by atoms with van der Waals surface area (Å²) in [6.45, 7) is 3.20. The summed E-state index contributed by atoms with van der Waals surface area (Å²) in [5, 5.41) is 3.03. The van der Waals surface area contributed by atoms with E-state index in [1.165, 1.54) is 12.1 Å². The number of halogens is 2. The summed E-state index contributed by atoms with van der Waals surface area (Å²) in [5.74, 6) is 0.177. The van der Waals surface area contributed by atoms with Crippen molar-refractivity contribution in [2.75, 3.05) is 19.6 Å². The monoisotopic (exact) mass is 286 g/mol. The number of carbonyl (C=O) groups is 1. The van der Waals surface area contributed by atoms with Gasteiger partial charge in [-0.15, -0.1) is 0 Å². The second-order valence-electron chi connectivity index (χ2n) is 4.19. The zero-order valence-corrected chi connectivity index (χ0v) is 11.7. The molecule has 0 radical (unpaired) electrons. The van der Waals surface area contributed by atoms with Crippen LogP contribution in [-0.4, -0.2) is 37.1 Å². The highest BCUT2D eigenvalue weighted by molar-refractivity contribution is 5.78. The van der Waals surface area contributed by atoms with Crippen LogP contribution in [-0.2, 0) is 11.3 Å². The van der Waals surface area contributed by atoms with Crippen molar-refractivity contribution in [1.29, 1.82) is 0 Å². The second kappa shape index (κ2) is 8.47. The number of hydrogen-bond donors (Lipinski definition) is 1. The van der Waals surface area contributed by atoms with Gasteiger partial charge < -0.3 is 15.0 Å². The van der Waals surface area contributed by atoms with Gasteiger partial charge in [-0.05, 0) is 31.5 Å². The van der Waals surface area contributed by atoms with Crippen LogP contribution in [0.3, 0.4) is 0 Å². The van der Waals surface area contributed by atoms with Gasteiger partial charge in [0.2, 0.25) is 5.91 Å². The summed E-state index contributed by atoms with van der Waals surface area (Å²) >= 11 is 0. The smallest absolute Gasteiger partial charge is 0.387 e. The largest absolute Gasteiger partial charge is 0.435 e. The Morgan fingerprint density at radius 3 is 2.35 bits per heavy atom. The van der Waals surface area contributed by atoms with E-state index in [4.69, 9.17) is 0 Å². The lowest BCUT2D eigenvalue weighted by Gasteiger charge is -2.18. The fourth-order valence-corrected chi connectivity index (χ4v) is 1.79. The molecule has 0 aliphatic rings. The lowest BCUT2D eigenvalue weighted by Crippen LogP contribution is -2.37. The van der Waals surface area contributed by atoms with Crippen molar-refractivity contribution in [2.24, 2.45) is 0 Å². The van der Waals surface area contributed by atoms with Crippen LogP contribution in [0, 0.1) is 0 Å². The molecule has 4 nitrogen and oxygen atoms in total. The number of amides is 1. The van der Waals surface area contributed by atoms with Crippen molar-refractivity contribution in [3.8, 4) is 5.75 Å². The van der Waals surface area contributed by atoms with Gasteiger partial charge in [0.15, 0.2) is 0 Å². The highest BCUT2D eigenvalue weighted by atomic mass is 19.3. The van der Waals surface area contributed by atoms with Gasteiger partial charge in [0.1, 0.15) is 5.75 Å². The molecule has 1 N–H and O–H groups in total. The van der Waals surface area contributed by atoms with Crippen LogP contribution in [0.5, 0.6) is 5.75 Å². The van der Waals surface area contributed by atoms with E-state index in [0.29, 0.717) is 19.6 Å². The molecule has 0 atom stereocenters. The number of ether oxygens (including phenoxy) is 1. The molecule has 0 saturated heterocycles. The van der Waals surface area contributed by atoms with Crippen molar-refractivity contribution in [1.82, 2.24) is 10.2 Å². The lowest BCUT2D eigenvalue weighted by atomic mass is 10.2. The number of benzene rings is 1. The van der Waals surface area contributed by atoms with E-state index in [-0.39, 0.29) is 18.2 Å². The van der Waals surface area contributed by atoms with Gasteiger partial charge in [0.25, 0.3) is 0 Å². The molecule has 0 fully saturated rings. The highest BCUT2D eigenvalue weighted by Gasteiger charge is 2.08. The van der Waals surface area contributed by atoms with Gasteiger partial charge in [0.05, 0.1) is 6.54 Å². The van der Waals surface area contributed by atoms with E-state index in [1.54, 1.807) is 17.0 Å². The molecule has 112 valence electrons. The second-order valence-corrected chi connectivity index (χ2v) is 4.19. The van der Waals surface area contributed by atoms with Crippen LogP contribution in [0.25, 0.3) is 0 Å². The first-order valence-corrected chi connectivity index (χ1v) is 6.59. The third-order valence-corrected chi connectivity index (χ3v) is 2.87. The maximum atomic E-state index is 12.0. The fraction of sp³-hybridized carbons (Fsp3) is 0.500. The molecule has 0 heterocycles. The van der Waals surface area contributed by atoms with Gasteiger partial charge in [-0.1, -0.05) is 12.1 Å². The summed E-state index contributed by atoms with van der Waals surface area (Å²) in [6.07, 6.45) is 0. The van der Waals surface area contributed by atoms with E-state index >= 15 is 0 Å². The molecule has 1 aromatic rings. The van der Waals surface area contributed by atoms with E-state index in [2.05, 4.69) is 10.1 Å². The Balaban J connectivity index is 2.37. The Hall–Kier alpha value is -1.69. The number of nitrogens with zero attached hydrogens (tertiary/aromatic N) is 1. The molecule has 1 aromatic carbocycles. The third-order valence-electron chi connectivity index (χ3n) is 2.87. The van der Waals surface area contributed by atoms with Crippen molar-refractivity contribution in [3.05, 3.63) is 29.8 Å². The normalized spacial score (nSPS) is 10.7. The van der Waals surface area contributed by atoms with E-state index < -0.39 is 6.61 Å². The standard InChI is InChI=1S/C14H20F2N2O2/c1-3-18(4-2)13(19)10-17-9-11-5-7-12(8-6-11)20-14(15)16/h5-8,14,17H,3-4,9-10H2,1-2H3. The Morgan fingerprint density at radius 1 is 1.25 bits per heavy atom. The quantitative estimate of drug-likeness (QED) is 0.797. The number of carbonyl (C=O) groups excluding carboxylic acids is 1. The molecule has 1 rings (SSSR count). The number of alkyl halides is 2. The summed E-state index contributed by atoms with van der Waals surface area (Å²) < 4.78 is 28.2. The number of nitrogens with one attached hydrogen (secondary N) is 1. The van der Waals surface area contributed by atoms with Crippen LogP contribution in [0.4, 0.5) is 8.78 Å². The van der Waals surface area contributed by atoms with Gasteiger partial charge >= 0.3 is 6.61 Å². The van der Waals surface area contributed by atoms with Crippen LogP contribution in [0.2, 0.25) is 0 Å². The van der Waals surface area contributed by atoms with Gasteiger partial charge in [-0.25, -0.2) is 0 Å². The van der Waals surface area contributed by atoms with Crippen molar-refractivity contribution in [2.45, 2.75) is 27.0 Å². The minimum absolute atomic E-state index is 0.0488. The van der Waals surface area contributed by atoms with Crippen LogP contribution < -0.4 is 10.1 Å². The topological polar surface area (TPSA) is 41.6 Å². The summed E-state index contributed by atoms with van der Waals surface area (Å²) in [6, 6.07) is 6.34. The molecule has 0 unspecified atom stereocenters. The zero-order valence-electron chi connectivity index (χ0n) is 11.7. The number of rotatable bonds is 8. The average Bonchev–Trinajstić information content (AvgIpc) is 2.41. The predicted octanol–water partition coefficient (Wildman–Crippen LogP) is 2.25. The molecule has 20 heavy (non-hydrogen) atoms. The van der Waals surface area contributed by atoms with Crippen LogP contribution in [0.1, 0.15) is 19.4 Å². The summed E-state index contributed by atoms with van der Waals surface area (Å²) in [5.41, 5.74) is 0.902. The zero-order chi connectivity index (χ0) is 15.0. The van der Waals surface area contributed by atoms with Gasteiger partial charge in [0, 0.05) is 19.6 Å². The first-order valence-electron chi connectivity index (χ1n) is 6.59. The van der Waals surface area contributed by atoms with Crippen molar-refractivity contribution >= 4 is 5.91 Å². The van der Waals surface area contributed by atoms with Crippen LogP contribution >= 0.6 is 0 Å². The highest BCUT2D eigenvalue weighted by Crippen LogP contribution is 2.14. The molecular weight excluding hydrogens is 266 g/mol. The lowest BCUT2D eigenvalue weighted by molar-refractivity contribution is -0.129. The Morgan fingerprint density at radius 2 is 1.85 bits per heavy atom. The van der Waals surface area contributed by atoms with Crippen LogP contribution in [0.15, 0.2) is 24.3 Å². The Labute approximate surface area is 117 Å². The van der Waals surface area contributed by atoms with Gasteiger partial charge in [-0.3, -0.25) is 4.79 Å². The molecule has 0 aliphatic carbocycles. The number of likely N-dealkylation sites (N-methyl/N-ethyl adjacent to an activating group) is 1. The molecule has 0 bridgehead atoms. The minimum Gasteiger partial charge on any atom is -0.435 e. The van der Waals surface area contributed by atoms with Crippen molar-refractivity contribution in [3.63, 3.8) is 0 Å². The molecule has 0 spiro atoms. The van der Waals surface area contributed by atoms with E-state index in [0.717, 1.165) is 5.56 Å². The molecule has 0 aromatic heterocycles. The van der Waals surface area contributed by atoms with E-state index in [1.807, 2.05) is 13.8 Å². The van der Waals surface area contributed by atoms with Crippen molar-refractivity contribution < 1.29 is 18.3 Å². The average molecular weight is 286 g/mol. The summed E-state index contributed by atoms with van der Waals surface area (Å²) in [4.78, 5) is 13.5. The first-order chi connectivity index (χ1) is 9.56. The molecule has 0 saturated carbocycles. The maximum Gasteiger partial charge on any atom is 0.387 e. The predicted molar refractivity (Wildman–Crippen MR) is 72.7 cm³/mol. The molecule has 6 heteroatoms. The number of hydrogen-bond acceptors (Lipinski definition) is 3. The Kier molecular flexibility index (Phi) is 6.93. The maximum absolute atomic E-state index is 12.0. The SMILES string of the molecule is CCN(CC)C(=O)CNCc1ccc(OC(F)F)cc1. The Bertz CT molecular complexity index is 406. The minimum atomic E-state index is -2.81. The summed E-state index contributed by atoms with van der Waals surface area (Å²) in [7, 11) is 0. The molecule has 0 aliphatic heterocycles. The first kappa shape index (κ1) is 16.4. The van der Waals surface area contributed by atoms with Gasteiger partial charge in [-0.2, -0.15) is 8.78 Å². The molecular formula is C14H20F2N2O2. The molecule has 1 amide bonds. The van der Waals surface area contributed by atoms with E-state index in [9.17, 15) is 13.6 Å². The third kappa shape index (κ3) is 5.52. The fourth-order valence-electron chi connectivity index (χ4n) is 1.79.